The first kappa shape index (κ1) is 14.4. The minimum absolute atomic E-state index is 0.393. The van der Waals surface area contributed by atoms with E-state index in [0.29, 0.717) is 24.5 Å². The van der Waals surface area contributed by atoms with E-state index < -0.39 is 11.6 Å². The van der Waals surface area contributed by atoms with Crippen molar-refractivity contribution in [1.82, 2.24) is 4.98 Å². The van der Waals surface area contributed by atoms with Crippen LogP contribution < -0.4 is 4.90 Å². The molecule has 1 N–H and O–H groups in total. The van der Waals surface area contributed by atoms with Crippen LogP contribution in [-0.4, -0.2) is 41.9 Å². The Balaban J connectivity index is 3.09. The highest BCUT2D eigenvalue weighted by Crippen LogP contribution is 2.20. The van der Waals surface area contributed by atoms with E-state index in [0.717, 1.165) is 0 Å². The van der Waals surface area contributed by atoms with Crippen molar-refractivity contribution in [3.8, 4) is 0 Å². The molecule has 1 aromatic rings. The molecule has 0 aliphatic carbocycles. The van der Waals surface area contributed by atoms with Crippen molar-refractivity contribution in [1.29, 1.82) is 0 Å². The summed E-state index contributed by atoms with van der Waals surface area (Å²) in [6.45, 7) is 6.42. The summed E-state index contributed by atoms with van der Waals surface area (Å²) in [7, 11) is 1.34. The van der Waals surface area contributed by atoms with Gasteiger partial charge in [0.15, 0.2) is 0 Å². The third kappa shape index (κ3) is 3.70. The zero-order chi connectivity index (χ0) is 13.8. The Morgan fingerprint density at radius 3 is 2.72 bits per heavy atom. The normalized spacial score (nSPS) is 11.2. The number of rotatable bonds is 5. The monoisotopic (exact) mass is 252 g/mol. The Labute approximate surface area is 107 Å². The van der Waals surface area contributed by atoms with Crippen molar-refractivity contribution < 1.29 is 14.6 Å². The number of aliphatic hydroxyl groups is 1. The van der Waals surface area contributed by atoms with E-state index in [4.69, 9.17) is 4.74 Å². The lowest BCUT2D eigenvalue weighted by molar-refractivity contribution is 0.0598. The third-order valence-electron chi connectivity index (χ3n) is 2.45. The number of hydrogen-bond donors (Lipinski definition) is 1. The number of esters is 1. The molecule has 0 amide bonds. The summed E-state index contributed by atoms with van der Waals surface area (Å²) in [5.74, 6) is 0.112. The highest BCUT2D eigenvalue weighted by atomic mass is 16.5. The van der Waals surface area contributed by atoms with Gasteiger partial charge in [0.25, 0.3) is 0 Å². The number of ether oxygens (including phenoxy) is 1. The summed E-state index contributed by atoms with van der Waals surface area (Å²) in [4.78, 5) is 17.7. The summed E-state index contributed by atoms with van der Waals surface area (Å²) in [5, 5.41) is 9.88. The molecule has 0 bridgehead atoms. The van der Waals surface area contributed by atoms with E-state index >= 15 is 0 Å². The van der Waals surface area contributed by atoms with Crippen LogP contribution in [0.1, 0.15) is 31.1 Å². The van der Waals surface area contributed by atoms with Crippen LogP contribution in [0, 0.1) is 0 Å². The molecule has 0 aliphatic heterocycles. The van der Waals surface area contributed by atoms with Gasteiger partial charge in [-0.15, -0.1) is 0 Å². The van der Waals surface area contributed by atoms with Gasteiger partial charge in [0.1, 0.15) is 11.4 Å². The van der Waals surface area contributed by atoms with Gasteiger partial charge >= 0.3 is 5.97 Å². The van der Waals surface area contributed by atoms with Gasteiger partial charge in [-0.1, -0.05) is 0 Å². The molecule has 0 unspecified atom stereocenters. The van der Waals surface area contributed by atoms with E-state index in [1.807, 2.05) is 11.8 Å². The second-order valence-electron chi connectivity index (χ2n) is 4.69. The number of hydrogen-bond acceptors (Lipinski definition) is 5. The second kappa shape index (κ2) is 5.82. The lowest BCUT2D eigenvalue weighted by atomic mass is 10.1. The van der Waals surface area contributed by atoms with Crippen LogP contribution in [0.25, 0.3) is 0 Å². The topological polar surface area (TPSA) is 62.7 Å². The highest BCUT2D eigenvalue weighted by molar-refractivity contribution is 5.94. The first-order valence-electron chi connectivity index (χ1n) is 5.89. The fourth-order valence-corrected chi connectivity index (χ4v) is 1.72. The van der Waals surface area contributed by atoms with Gasteiger partial charge in [-0.05, 0) is 32.9 Å². The number of pyridine rings is 1. The largest absolute Gasteiger partial charge is 0.465 e. The van der Waals surface area contributed by atoms with Crippen molar-refractivity contribution in [3.05, 3.63) is 23.9 Å². The summed E-state index contributed by atoms with van der Waals surface area (Å²) >= 11 is 0. The van der Waals surface area contributed by atoms with Crippen molar-refractivity contribution in [2.45, 2.75) is 26.4 Å². The van der Waals surface area contributed by atoms with Crippen LogP contribution in [0.4, 0.5) is 5.82 Å². The predicted octanol–water partition coefficient (Wildman–Crippen LogP) is 1.47. The minimum Gasteiger partial charge on any atom is -0.465 e. The molecular formula is C13H20N2O3. The fraction of sp³-hybridized carbons (Fsp3) is 0.538. The fourth-order valence-electron chi connectivity index (χ4n) is 1.72. The molecule has 100 valence electrons. The van der Waals surface area contributed by atoms with Gasteiger partial charge in [0.2, 0.25) is 0 Å². The Kier molecular flexibility index (Phi) is 4.67. The van der Waals surface area contributed by atoms with Crippen LogP contribution in [-0.2, 0) is 4.74 Å². The Bertz CT molecular complexity index is 413. The van der Waals surface area contributed by atoms with Gasteiger partial charge in [0, 0.05) is 19.3 Å². The second-order valence-corrected chi connectivity index (χ2v) is 4.69. The van der Waals surface area contributed by atoms with Gasteiger partial charge in [-0.3, -0.25) is 0 Å². The van der Waals surface area contributed by atoms with Gasteiger partial charge < -0.3 is 14.7 Å². The van der Waals surface area contributed by atoms with Crippen LogP contribution in [0.15, 0.2) is 18.3 Å². The maximum atomic E-state index is 11.7. The SMILES string of the molecule is CCN(CC(C)(C)O)c1ncccc1C(=O)OC. The average molecular weight is 252 g/mol. The minimum atomic E-state index is -0.860. The number of methoxy groups -OCH3 is 1. The molecule has 1 heterocycles. The summed E-state index contributed by atoms with van der Waals surface area (Å²) in [6, 6.07) is 3.36. The van der Waals surface area contributed by atoms with E-state index in [9.17, 15) is 9.90 Å². The molecule has 0 aromatic carbocycles. The molecular weight excluding hydrogens is 232 g/mol. The molecule has 0 radical (unpaired) electrons. The number of carbonyl (C=O) groups is 1. The summed E-state index contributed by atoms with van der Waals surface area (Å²) < 4.78 is 4.73. The van der Waals surface area contributed by atoms with Crippen LogP contribution >= 0.6 is 0 Å². The maximum absolute atomic E-state index is 11.7. The van der Waals surface area contributed by atoms with Gasteiger partial charge in [-0.2, -0.15) is 0 Å². The van der Waals surface area contributed by atoms with Crippen molar-refractivity contribution in [2.24, 2.45) is 0 Å². The summed E-state index contributed by atoms with van der Waals surface area (Å²) in [6.07, 6.45) is 1.62. The average Bonchev–Trinajstić information content (AvgIpc) is 2.34. The molecule has 0 fully saturated rings. The van der Waals surface area contributed by atoms with Gasteiger partial charge in [0.05, 0.1) is 12.7 Å². The first-order chi connectivity index (χ1) is 8.39. The van der Waals surface area contributed by atoms with Crippen molar-refractivity contribution in [3.63, 3.8) is 0 Å². The number of aromatic nitrogens is 1. The molecule has 0 saturated carbocycles. The van der Waals surface area contributed by atoms with E-state index in [1.54, 1.807) is 32.2 Å². The molecule has 1 rings (SSSR count). The number of anilines is 1. The number of carbonyl (C=O) groups excluding carboxylic acids is 1. The summed E-state index contributed by atoms with van der Waals surface area (Å²) in [5.41, 5.74) is -0.452. The Hall–Kier alpha value is -1.62. The van der Waals surface area contributed by atoms with E-state index in [2.05, 4.69) is 4.98 Å². The lowest BCUT2D eigenvalue weighted by Crippen LogP contribution is -2.39. The van der Waals surface area contributed by atoms with E-state index in [1.165, 1.54) is 7.11 Å². The van der Waals surface area contributed by atoms with Gasteiger partial charge in [-0.25, -0.2) is 9.78 Å². The lowest BCUT2D eigenvalue weighted by Gasteiger charge is -2.29. The number of nitrogens with zero attached hydrogens (tertiary/aromatic N) is 2. The zero-order valence-corrected chi connectivity index (χ0v) is 11.3. The Morgan fingerprint density at radius 2 is 2.22 bits per heavy atom. The molecule has 1 aromatic heterocycles. The predicted molar refractivity (Wildman–Crippen MR) is 69.8 cm³/mol. The molecule has 0 aliphatic rings. The maximum Gasteiger partial charge on any atom is 0.341 e. The van der Waals surface area contributed by atoms with Crippen LogP contribution in [0.3, 0.4) is 0 Å². The molecule has 18 heavy (non-hydrogen) atoms. The standard InChI is InChI=1S/C13H20N2O3/c1-5-15(9-13(2,3)17)11-10(12(16)18-4)7-6-8-14-11/h6-8,17H,5,9H2,1-4H3. The van der Waals surface area contributed by atoms with Crippen LogP contribution in [0.5, 0.6) is 0 Å². The highest BCUT2D eigenvalue weighted by Gasteiger charge is 2.22. The molecule has 5 heteroatoms. The quantitative estimate of drug-likeness (QED) is 0.804. The first-order valence-corrected chi connectivity index (χ1v) is 5.89. The van der Waals surface area contributed by atoms with Crippen molar-refractivity contribution >= 4 is 11.8 Å². The molecule has 0 atom stereocenters. The molecule has 0 spiro atoms. The molecule has 0 saturated heterocycles. The third-order valence-corrected chi connectivity index (χ3v) is 2.45. The van der Waals surface area contributed by atoms with E-state index in [-0.39, 0.29) is 0 Å². The Morgan fingerprint density at radius 1 is 1.56 bits per heavy atom. The smallest absolute Gasteiger partial charge is 0.341 e. The zero-order valence-electron chi connectivity index (χ0n) is 11.3. The van der Waals surface area contributed by atoms with Crippen LogP contribution in [0.2, 0.25) is 0 Å². The van der Waals surface area contributed by atoms with Crippen molar-refractivity contribution in [2.75, 3.05) is 25.1 Å². The molecule has 5 nitrogen and oxygen atoms in total. The number of likely N-dealkylation sites (N-methyl/N-ethyl adjacent to an activating group) is 1.